The maximum absolute atomic E-state index is 7.52. The van der Waals surface area contributed by atoms with E-state index < -0.39 is 8.53 Å². The first-order chi connectivity index (χ1) is 19.7. The zero-order chi connectivity index (χ0) is 27.1. The first-order valence-corrected chi connectivity index (χ1v) is 18.8. The first kappa shape index (κ1) is 28.3. The van der Waals surface area contributed by atoms with Crippen LogP contribution in [0.1, 0.15) is 135 Å². The predicted molar refractivity (Wildman–Crippen MR) is 166 cm³/mol. The van der Waals surface area contributed by atoms with Crippen molar-refractivity contribution in [1.82, 2.24) is 4.67 Å². The molecule has 3 nitrogen and oxygen atoms in total. The molecule has 1 heterocycles. The third-order valence-corrected chi connectivity index (χ3v) is 14.9. The van der Waals surface area contributed by atoms with Gasteiger partial charge in [-0.05, 0) is 112 Å². The van der Waals surface area contributed by atoms with Gasteiger partial charge in [0.25, 0.3) is 8.53 Å². The number of nitrogens with zero attached hydrogens (tertiary/aromatic N) is 1. The van der Waals surface area contributed by atoms with Crippen molar-refractivity contribution < 1.29 is 9.05 Å². The van der Waals surface area contributed by atoms with Gasteiger partial charge >= 0.3 is 0 Å². The summed E-state index contributed by atoms with van der Waals surface area (Å²) in [5.41, 5.74) is 1.42. The molecule has 6 fully saturated rings. The summed E-state index contributed by atoms with van der Waals surface area (Å²) in [6.07, 6.45) is 24.8. The van der Waals surface area contributed by atoms with Gasteiger partial charge in [0, 0.05) is 12.1 Å². The fourth-order valence-electron chi connectivity index (χ4n) is 10.9. The SMILES string of the molecule is C[C@@H](c1ccccc1)N([C@@H](C)C1CCCCC1)P1OC2CCC3CCCCC3C2C2C(CCC3CCCCC32)O1. The molecule has 4 heteroatoms. The zero-order valence-corrected chi connectivity index (χ0v) is 26.4. The van der Waals surface area contributed by atoms with Crippen molar-refractivity contribution in [3.8, 4) is 0 Å². The van der Waals surface area contributed by atoms with Crippen LogP contribution in [0.15, 0.2) is 30.3 Å². The van der Waals surface area contributed by atoms with Gasteiger partial charge < -0.3 is 9.05 Å². The third kappa shape index (κ3) is 5.49. The van der Waals surface area contributed by atoms with Crippen LogP contribution in [-0.2, 0) is 9.05 Å². The molecule has 40 heavy (non-hydrogen) atoms. The lowest BCUT2D eigenvalue weighted by molar-refractivity contribution is -0.0856. The molecule has 0 bridgehead atoms. The number of benzene rings is 1. The summed E-state index contributed by atoms with van der Waals surface area (Å²) >= 11 is 0. The van der Waals surface area contributed by atoms with Crippen molar-refractivity contribution >= 4 is 8.53 Å². The number of rotatable bonds is 5. The lowest BCUT2D eigenvalue weighted by atomic mass is 9.53. The minimum atomic E-state index is -1.09. The molecule has 7 rings (SSSR count). The summed E-state index contributed by atoms with van der Waals surface area (Å²) in [6, 6.07) is 12.1. The lowest BCUT2D eigenvalue weighted by Crippen LogP contribution is -2.51. The Morgan fingerprint density at radius 2 is 1.15 bits per heavy atom. The summed E-state index contributed by atoms with van der Waals surface area (Å²) in [5, 5.41) is 0. The van der Waals surface area contributed by atoms with Crippen LogP contribution in [-0.4, -0.2) is 22.9 Å². The van der Waals surface area contributed by atoms with E-state index in [0.717, 1.165) is 41.4 Å². The van der Waals surface area contributed by atoms with Crippen LogP contribution in [0.25, 0.3) is 0 Å². The molecule has 0 N–H and O–H groups in total. The molecule has 6 aliphatic rings. The largest absolute Gasteiger partial charge is 0.318 e. The molecular formula is C36H56NO2P. The molecule has 1 aromatic rings. The Morgan fingerprint density at radius 3 is 1.73 bits per heavy atom. The summed E-state index contributed by atoms with van der Waals surface area (Å²) in [6.45, 7) is 4.97. The number of fused-ring (bicyclic) bond motifs is 7. The minimum absolute atomic E-state index is 0.316. The van der Waals surface area contributed by atoms with E-state index in [0.29, 0.717) is 24.3 Å². The van der Waals surface area contributed by atoms with Crippen molar-refractivity contribution in [2.75, 3.05) is 0 Å². The highest BCUT2D eigenvalue weighted by atomic mass is 31.2. The van der Waals surface area contributed by atoms with Crippen LogP contribution >= 0.6 is 8.53 Å². The number of hydrogen-bond acceptors (Lipinski definition) is 3. The van der Waals surface area contributed by atoms with Crippen LogP contribution < -0.4 is 0 Å². The van der Waals surface area contributed by atoms with E-state index in [4.69, 9.17) is 9.05 Å². The standard InChI is InChI=1S/C36H56NO2P/c1-25(27-13-5-3-6-14-27)37(26(2)28-15-7-4-8-16-28)40-38-33-23-21-29-17-9-11-19-31(29)35(33)36-32-20-12-10-18-30(32)22-24-34(36)39-40/h3,5-6,13-14,25-26,28-36H,4,7-12,15-24H2,1-2H3/t25-,26-,29?,30?,31?,32?,33?,34?,35?,36?,40?/m0/s1. The Kier molecular flexibility index (Phi) is 8.94. The van der Waals surface area contributed by atoms with E-state index >= 15 is 0 Å². The molecule has 222 valence electrons. The molecular weight excluding hydrogens is 509 g/mol. The van der Waals surface area contributed by atoms with Crippen molar-refractivity contribution in [3.05, 3.63) is 35.9 Å². The Labute approximate surface area is 246 Å². The van der Waals surface area contributed by atoms with Gasteiger partial charge in [-0.25, -0.2) is 4.67 Å². The minimum Gasteiger partial charge on any atom is -0.318 e. The normalized spacial score (nSPS) is 42.0. The van der Waals surface area contributed by atoms with Gasteiger partial charge in [-0.2, -0.15) is 0 Å². The highest BCUT2D eigenvalue weighted by Gasteiger charge is 2.56. The molecule has 0 amide bonds. The van der Waals surface area contributed by atoms with Crippen molar-refractivity contribution in [3.63, 3.8) is 0 Å². The first-order valence-electron chi connectivity index (χ1n) is 17.7. The molecule has 10 atom stereocenters. The molecule has 0 spiro atoms. The van der Waals surface area contributed by atoms with Crippen LogP contribution in [0, 0.1) is 41.4 Å². The van der Waals surface area contributed by atoms with Crippen LogP contribution in [0.3, 0.4) is 0 Å². The third-order valence-electron chi connectivity index (χ3n) is 12.9. The smallest absolute Gasteiger partial charge is 0.260 e. The summed E-state index contributed by atoms with van der Waals surface area (Å²) in [5.74, 6) is 5.90. The Morgan fingerprint density at radius 1 is 0.625 bits per heavy atom. The fourth-order valence-corrected chi connectivity index (χ4v) is 13.1. The van der Waals surface area contributed by atoms with Gasteiger partial charge in [0.2, 0.25) is 0 Å². The van der Waals surface area contributed by atoms with E-state index in [1.165, 1.54) is 115 Å². The topological polar surface area (TPSA) is 21.7 Å². The highest BCUT2D eigenvalue weighted by molar-refractivity contribution is 7.44. The second-order valence-electron chi connectivity index (χ2n) is 14.9. The van der Waals surface area contributed by atoms with Crippen molar-refractivity contribution in [2.45, 2.75) is 147 Å². The predicted octanol–water partition coefficient (Wildman–Crippen LogP) is 10.5. The quantitative estimate of drug-likeness (QED) is 0.332. The monoisotopic (exact) mass is 565 g/mol. The second kappa shape index (κ2) is 12.6. The van der Waals surface area contributed by atoms with E-state index in [9.17, 15) is 0 Å². The van der Waals surface area contributed by atoms with Gasteiger partial charge in [0.1, 0.15) is 0 Å². The van der Waals surface area contributed by atoms with E-state index in [1.54, 1.807) is 0 Å². The average molecular weight is 566 g/mol. The van der Waals surface area contributed by atoms with Crippen molar-refractivity contribution in [1.29, 1.82) is 0 Å². The van der Waals surface area contributed by atoms with Gasteiger partial charge in [0.15, 0.2) is 0 Å². The van der Waals surface area contributed by atoms with Crippen LogP contribution in [0.2, 0.25) is 0 Å². The summed E-state index contributed by atoms with van der Waals surface area (Å²) < 4.78 is 17.8. The van der Waals surface area contributed by atoms with Crippen LogP contribution in [0.4, 0.5) is 0 Å². The molecule has 1 saturated heterocycles. The molecule has 1 aliphatic heterocycles. The maximum Gasteiger partial charge on any atom is 0.260 e. The van der Waals surface area contributed by atoms with Gasteiger partial charge in [-0.3, -0.25) is 0 Å². The lowest BCUT2D eigenvalue weighted by Gasteiger charge is -2.53. The maximum atomic E-state index is 7.52. The zero-order valence-electron chi connectivity index (χ0n) is 25.5. The Balaban J connectivity index is 1.25. The second-order valence-corrected chi connectivity index (χ2v) is 16.2. The van der Waals surface area contributed by atoms with Gasteiger partial charge in [0.05, 0.1) is 12.2 Å². The molecule has 0 radical (unpaired) electrons. The Bertz CT molecular complexity index is 911. The van der Waals surface area contributed by atoms with Crippen molar-refractivity contribution in [2.24, 2.45) is 41.4 Å². The molecule has 8 unspecified atom stereocenters. The highest BCUT2D eigenvalue weighted by Crippen LogP contribution is 2.64. The fraction of sp³-hybridized carbons (Fsp3) is 0.833. The van der Waals surface area contributed by atoms with Gasteiger partial charge in [-0.1, -0.05) is 88.1 Å². The summed E-state index contributed by atoms with van der Waals surface area (Å²) in [4.78, 5) is 0. The van der Waals surface area contributed by atoms with E-state index in [1.807, 2.05) is 0 Å². The molecule has 0 aromatic heterocycles. The van der Waals surface area contributed by atoms with Crippen LogP contribution in [0.5, 0.6) is 0 Å². The molecule has 1 aromatic carbocycles. The average Bonchev–Trinajstić information content (AvgIpc) is 3.19. The summed E-state index contributed by atoms with van der Waals surface area (Å²) in [7, 11) is -1.09. The molecule has 5 aliphatic carbocycles. The van der Waals surface area contributed by atoms with Gasteiger partial charge in [-0.15, -0.1) is 0 Å². The number of hydrogen-bond donors (Lipinski definition) is 0. The Hall–Kier alpha value is -0.470. The van der Waals surface area contributed by atoms with E-state index in [2.05, 4.69) is 48.8 Å². The molecule has 5 saturated carbocycles. The van der Waals surface area contributed by atoms with E-state index in [-0.39, 0.29) is 0 Å².